The number of aliphatic hydroxyl groups is 1. The fourth-order valence-electron chi connectivity index (χ4n) is 5.56. The molecule has 3 aromatic rings. The molecule has 0 spiro atoms. The predicted molar refractivity (Wildman–Crippen MR) is 192 cm³/mol. The minimum Gasteiger partial charge on any atom is -0.744 e. The SMILES string of the molecule is C=Cc1ccc(C[n+]2ccn(C(CCCCCCCC(=O)OC)C(O)CCCCCCCC)c2)cc1.C=Cc1ccc(S(=O)(=O)[O-])cc1. The molecular weight excluding hydrogens is 625 g/mol. The Morgan fingerprint density at radius 2 is 1.42 bits per heavy atom. The number of carbonyl (C=O) groups is 1. The number of nitrogens with zero attached hydrogens (tertiary/aromatic N) is 2. The molecule has 8 nitrogen and oxygen atoms in total. The first-order valence-corrected chi connectivity index (χ1v) is 18.7. The van der Waals surface area contributed by atoms with Gasteiger partial charge in [0.05, 0.1) is 18.1 Å². The monoisotopic (exact) mass is 680 g/mol. The predicted octanol–water partition coefficient (Wildman–Crippen LogP) is 8.26. The van der Waals surface area contributed by atoms with Crippen molar-refractivity contribution < 1.29 is 32.2 Å². The van der Waals surface area contributed by atoms with Crippen LogP contribution in [0.25, 0.3) is 12.2 Å². The van der Waals surface area contributed by atoms with Crippen LogP contribution in [-0.2, 0) is 26.2 Å². The summed E-state index contributed by atoms with van der Waals surface area (Å²) in [5, 5.41) is 11.2. The largest absolute Gasteiger partial charge is 0.744 e. The van der Waals surface area contributed by atoms with Gasteiger partial charge in [-0.15, -0.1) is 0 Å². The first-order valence-electron chi connectivity index (χ1n) is 17.3. The molecular formula is C39H56N2O6S. The number of benzene rings is 2. The van der Waals surface area contributed by atoms with E-state index in [1.165, 1.54) is 69.0 Å². The molecule has 9 heteroatoms. The van der Waals surface area contributed by atoms with Crippen LogP contribution in [0.15, 0.2) is 85.3 Å². The number of hydrogen-bond acceptors (Lipinski definition) is 6. The average molecular weight is 681 g/mol. The quantitative estimate of drug-likeness (QED) is 0.0495. The van der Waals surface area contributed by atoms with Gasteiger partial charge in [-0.1, -0.05) is 126 Å². The molecule has 0 fully saturated rings. The van der Waals surface area contributed by atoms with E-state index in [2.05, 4.69) is 72.2 Å². The van der Waals surface area contributed by atoms with Crippen molar-refractivity contribution in [1.29, 1.82) is 0 Å². The van der Waals surface area contributed by atoms with Crippen LogP contribution >= 0.6 is 0 Å². The van der Waals surface area contributed by atoms with Crippen LogP contribution < -0.4 is 4.57 Å². The van der Waals surface area contributed by atoms with Crippen molar-refractivity contribution in [2.24, 2.45) is 0 Å². The third kappa shape index (κ3) is 16.0. The number of aromatic nitrogens is 2. The third-order valence-electron chi connectivity index (χ3n) is 8.49. The molecule has 0 saturated heterocycles. The minimum absolute atomic E-state index is 0.0973. The van der Waals surface area contributed by atoms with Gasteiger partial charge >= 0.3 is 5.97 Å². The summed E-state index contributed by atoms with van der Waals surface area (Å²) in [5.74, 6) is -0.120. The highest BCUT2D eigenvalue weighted by molar-refractivity contribution is 7.85. The Hall–Kier alpha value is -3.53. The number of rotatable bonds is 22. The topological polar surface area (TPSA) is 113 Å². The van der Waals surface area contributed by atoms with Gasteiger partial charge in [-0.25, -0.2) is 17.6 Å². The van der Waals surface area contributed by atoms with Gasteiger partial charge in [-0.2, -0.15) is 0 Å². The smallest absolute Gasteiger partial charge is 0.305 e. The van der Waals surface area contributed by atoms with Crippen LogP contribution in [0.4, 0.5) is 0 Å². The number of hydrogen-bond donors (Lipinski definition) is 1. The van der Waals surface area contributed by atoms with Crippen LogP contribution in [0.5, 0.6) is 0 Å². The lowest BCUT2D eigenvalue weighted by molar-refractivity contribution is -0.688. The number of ether oxygens (including phenoxy) is 1. The summed E-state index contributed by atoms with van der Waals surface area (Å²) < 4.78 is 40.5. The van der Waals surface area contributed by atoms with E-state index in [9.17, 15) is 22.9 Å². The summed E-state index contributed by atoms with van der Waals surface area (Å²) in [6.07, 6.45) is 24.5. The number of unbranched alkanes of at least 4 members (excludes halogenated alkanes) is 9. The Morgan fingerprint density at radius 3 is 1.98 bits per heavy atom. The molecule has 0 aliphatic rings. The van der Waals surface area contributed by atoms with E-state index in [0.29, 0.717) is 6.42 Å². The molecule has 0 amide bonds. The number of aliphatic hydroxyl groups excluding tert-OH is 1. The highest BCUT2D eigenvalue weighted by Gasteiger charge is 2.25. The van der Waals surface area contributed by atoms with E-state index < -0.39 is 10.1 Å². The van der Waals surface area contributed by atoms with Gasteiger partial charge in [-0.3, -0.25) is 4.79 Å². The van der Waals surface area contributed by atoms with Gasteiger partial charge in [0.2, 0.25) is 6.33 Å². The van der Waals surface area contributed by atoms with Gasteiger partial charge in [0.25, 0.3) is 0 Å². The first kappa shape index (κ1) is 40.6. The van der Waals surface area contributed by atoms with Crippen LogP contribution in [0.1, 0.15) is 120 Å². The van der Waals surface area contributed by atoms with E-state index in [1.807, 2.05) is 6.08 Å². The van der Waals surface area contributed by atoms with Crippen molar-refractivity contribution in [2.75, 3.05) is 7.11 Å². The summed E-state index contributed by atoms with van der Waals surface area (Å²) in [6.45, 7) is 10.4. The molecule has 2 unspecified atom stereocenters. The first-order chi connectivity index (χ1) is 23.1. The lowest BCUT2D eigenvalue weighted by atomic mass is 9.97. The van der Waals surface area contributed by atoms with Crippen LogP contribution in [0.2, 0.25) is 0 Å². The zero-order valence-corrected chi connectivity index (χ0v) is 29.8. The normalized spacial score (nSPS) is 12.4. The molecule has 0 bridgehead atoms. The lowest BCUT2D eigenvalue weighted by Gasteiger charge is -2.20. The highest BCUT2D eigenvalue weighted by Crippen LogP contribution is 2.24. The summed E-state index contributed by atoms with van der Waals surface area (Å²) in [6, 6.07) is 14.2. The van der Waals surface area contributed by atoms with Crippen LogP contribution in [-0.4, -0.2) is 41.8 Å². The number of imidazole rings is 1. The van der Waals surface area contributed by atoms with Gasteiger partial charge in [0.15, 0.2) is 0 Å². The second-order valence-corrected chi connectivity index (χ2v) is 13.7. The van der Waals surface area contributed by atoms with Gasteiger partial charge < -0.3 is 14.4 Å². The van der Waals surface area contributed by atoms with Gasteiger partial charge in [0.1, 0.15) is 35.1 Å². The van der Waals surface area contributed by atoms with Crippen LogP contribution in [0.3, 0.4) is 0 Å². The Balaban J connectivity index is 0.000000558. The van der Waals surface area contributed by atoms with Gasteiger partial charge in [0, 0.05) is 6.42 Å². The van der Waals surface area contributed by atoms with Crippen molar-refractivity contribution in [2.45, 2.75) is 120 Å². The molecule has 48 heavy (non-hydrogen) atoms. The maximum absolute atomic E-state index is 11.3. The second-order valence-electron chi connectivity index (χ2n) is 12.3. The van der Waals surface area contributed by atoms with E-state index in [4.69, 9.17) is 4.74 Å². The zero-order chi connectivity index (χ0) is 35.2. The van der Waals surface area contributed by atoms with Crippen LogP contribution in [0, 0.1) is 0 Å². The maximum Gasteiger partial charge on any atom is 0.305 e. The van der Waals surface area contributed by atoms with Gasteiger partial charge in [-0.05, 0) is 54.5 Å². The number of esters is 1. The number of methoxy groups -OCH3 is 1. The Kier molecular flexibility index (Phi) is 19.4. The summed E-state index contributed by atoms with van der Waals surface area (Å²) in [5.41, 5.74) is 3.16. The van der Waals surface area contributed by atoms with E-state index in [1.54, 1.807) is 6.08 Å². The average Bonchev–Trinajstić information content (AvgIpc) is 3.55. The fourth-order valence-corrected chi connectivity index (χ4v) is 6.03. The molecule has 0 saturated carbocycles. The van der Waals surface area contributed by atoms with E-state index in [-0.39, 0.29) is 23.0 Å². The molecule has 1 aromatic heterocycles. The maximum atomic E-state index is 11.3. The minimum atomic E-state index is -4.31. The zero-order valence-electron chi connectivity index (χ0n) is 29.0. The standard InChI is InChI=1S/C31H49N2O3.C8H8O3S/c1-4-6-7-8-11-14-17-30(34)29(16-13-10-9-12-15-18-31(35)36-3)33-24-23-32(26-33)25-28-21-19-27(5-2)20-22-28;1-2-7-3-5-8(6-4-7)12(9,10)11/h5,19-24,26,29-30,34H,2,4,6-18,25H2,1,3H3;2-6H,1H2,(H,9,10,11)/q+1;/p-1. The van der Waals surface area contributed by atoms with Crippen molar-refractivity contribution in [1.82, 2.24) is 4.57 Å². The van der Waals surface area contributed by atoms with Crippen molar-refractivity contribution in [3.8, 4) is 0 Å². The van der Waals surface area contributed by atoms with Crippen molar-refractivity contribution in [3.05, 3.63) is 97.1 Å². The number of carbonyl (C=O) groups excluding carboxylic acids is 1. The van der Waals surface area contributed by atoms with E-state index >= 15 is 0 Å². The second kappa shape index (κ2) is 22.9. The molecule has 0 radical (unpaired) electrons. The summed E-state index contributed by atoms with van der Waals surface area (Å²) >= 11 is 0. The molecule has 2 aromatic carbocycles. The molecule has 0 aliphatic heterocycles. The van der Waals surface area contributed by atoms with Crippen molar-refractivity contribution in [3.63, 3.8) is 0 Å². The Morgan fingerprint density at radius 1 is 0.875 bits per heavy atom. The summed E-state index contributed by atoms with van der Waals surface area (Å²) in [4.78, 5) is 11.1. The summed E-state index contributed by atoms with van der Waals surface area (Å²) in [7, 11) is -2.87. The molecule has 3 rings (SSSR count). The Bertz CT molecular complexity index is 1450. The molecule has 2 atom stereocenters. The fraction of sp³-hybridized carbons (Fsp3) is 0.487. The van der Waals surface area contributed by atoms with E-state index in [0.717, 1.165) is 69.0 Å². The highest BCUT2D eigenvalue weighted by atomic mass is 32.2. The Labute approximate surface area is 288 Å². The lowest BCUT2D eigenvalue weighted by Crippen LogP contribution is -2.33. The molecule has 1 N–H and O–H groups in total. The molecule has 1 heterocycles. The third-order valence-corrected chi connectivity index (χ3v) is 9.34. The van der Waals surface area contributed by atoms with Crippen molar-refractivity contribution >= 4 is 28.2 Å². The molecule has 264 valence electrons. The molecule has 0 aliphatic carbocycles.